The maximum atomic E-state index is 12.4. The number of rotatable bonds is 4. The maximum Gasteiger partial charge on any atom is 0.307 e. The van der Waals surface area contributed by atoms with Gasteiger partial charge in [0.15, 0.2) is 0 Å². The molecule has 2 bridgehead atoms. The minimum atomic E-state index is -0.914. The number of carboxylic acid groups (broad SMARTS) is 1. The summed E-state index contributed by atoms with van der Waals surface area (Å²) in [6, 6.07) is 7.21. The van der Waals surface area contributed by atoms with Crippen LogP contribution in [0.25, 0.3) is 0 Å². The van der Waals surface area contributed by atoms with Crippen molar-refractivity contribution in [3.05, 3.63) is 35.4 Å². The molecule has 6 heteroatoms. The van der Waals surface area contributed by atoms with Gasteiger partial charge in [-0.05, 0) is 54.7 Å². The largest absolute Gasteiger partial charge is 0.481 e. The first kappa shape index (κ1) is 17.5. The van der Waals surface area contributed by atoms with Gasteiger partial charge in [0.05, 0.1) is 11.8 Å². The van der Waals surface area contributed by atoms with Gasteiger partial charge in [-0.1, -0.05) is 26.0 Å². The summed E-state index contributed by atoms with van der Waals surface area (Å²) < 4.78 is 0. The topological polar surface area (TPSA) is 95.5 Å². The van der Waals surface area contributed by atoms with E-state index >= 15 is 0 Å². The number of hydrazine groups is 1. The fraction of sp³-hybridized carbons (Fsp3) is 0.526. The number of benzene rings is 1. The van der Waals surface area contributed by atoms with E-state index in [4.69, 9.17) is 0 Å². The van der Waals surface area contributed by atoms with Crippen LogP contribution in [-0.4, -0.2) is 22.9 Å². The van der Waals surface area contributed by atoms with Crippen molar-refractivity contribution in [3.8, 4) is 0 Å². The van der Waals surface area contributed by atoms with Gasteiger partial charge in [-0.2, -0.15) is 0 Å². The third kappa shape index (κ3) is 3.38. The van der Waals surface area contributed by atoms with Crippen LogP contribution < -0.4 is 10.9 Å². The molecule has 2 saturated carbocycles. The molecule has 134 valence electrons. The van der Waals surface area contributed by atoms with E-state index in [0.717, 1.165) is 24.8 Å². The SMILES string of the molecule is CC(C)c1ccc(C(=O)NNC(=O)[C@@H]2[C@H]3CC[C@@H](C3)[C@@H]2C(=O)O)cc1. The fourth-order valence-corrected chi connectivity index (χ4v) is 4.32. The number of aliphatic carboxylic acids is 1. The number of hydrogen-bond acceptors (Lipinski definition) is 3. The Balaban J connectivity index is 1.60. The lowest BCUT2D eigenvalue weighted by Gasteiger charge is -2.27. The van der Waals surface area contributed by atoms with Crippen molar-refractivity contribution in [3.63, 3.8) is 0 Å². The lowest BCUT2D eigenvalue weighted by molar-refractivity contribution is -0.149. The van der Waals surface area contributed by atoms with Crippen LogP contribution in [0.3, 0.4) is 0 Å². The summed E-state index contributed by atoms with van der Waals surface area (Å²) in [6.45, 7) is 4.15. The molecule has 3 N–H and O–H groups in total. The minimum absolute atomic E-state index is 0.0810. The van der Waals surface area contributed by atoms with Crippen LogP contribution in [-0.2, 0) is 9.59 Å². The van der Waals surface area contributed by atoms with Gasteiger partial charge in [-0.3, -0.25) is 25.2 Å². The van der Waals surface area contributed by atoms with E-state index < -0.39 is 29.6 Å². The van der Waals surface area contributed by atoms with Crippen LogP contribution in [0.1, 0.15) is 54.9 Å². The van der Waals surface area contributed by atoms with Crippen molar-refractivity contribution in [1.29, 1.82) is 0 Å². The van der Waals surface area contributed by atoms with Crippen LogP contribution in [0.4, 0.5) is 0 Å². The minimum Gasteiger partial charge on any atom is -0.481 e. The van der Waals surface area contributed by atoms with E-state index in [1.807, 2.05) is 12.1 Å². The van der Waals surface area contributed by atoms with Crippen molar-refractivity contribution >= 4 is 17.8 Å². The maximum absolute atomic E-state index is 12.4. The number of carboxylic acids is 1. The molecule has 2 amide bonds. The quantitative estimate of drug-likeness (QED) is 0.731. The molecule has 2 fully saturated rings. The Hall–Kier alpha value is -2.37. The number of hydrogen-bond donors (Lipinski definition) is 3. The summed E-state index contributed by atoms with van der Waals surface area (Å²) >= 11 is 0. The first-order valence-electron chi connectivity index (χ1n) is 8.81. The molecule has 2 aliphatic carbocycles. The lowest BCUT2D eigenvalue weighted by atomic mass is 9.79. The average Bonchev–Trinajstić information content (AvgIpc) is 3.20. The molecule has 0 aliphatic heterocycles. The predicted octanol–water partition coefficient (Wildman–Crippen LogP) is 2.32. The van der Waals surface area contributed by atoms with Crippen LogP contribution >= 0.6 is 0 Å². The zero-order chi connectivity index (χ0) is 18.1. The molecule has 4 atom stereocenters. The number of nitrogens with one attached hydrogen (secondary N) is 2. The molecular weight excluding hydrogens is 320 g/mol. The number of carbonyl (C=O) groups is 3. The first-order valence-corrected chi connectivity index (χ1v) is 8.81. The van der Waals surface area contributed by atoms with Crippen molar-refractivity contribution in [2.75, 3.05) is 0 Å². The Morgan fingerprint density at radius 1 is 1.00 bits per heavy atom. The van der Waals surface area contributed by atoms with Gasteiger partial charge in [0.25, 0.3) is 5.91 Å². The molecule has 0 heterocycles. The van der Waals surface area contributed by atoms with E-state index in [9.17, 15) is 19.5 Å². The van der Waals surface area contributed by atoms with Crippen molar-refractivity contribution < 1.29 is 19.5 Å². The second-order valence-corrected chi connectivity index (χ2v) is 7.44. The van der Waals surface area contributed by atoms with E-state index in [-0.39, 0.29) is 11.8 Å². The molecule has 2 aliphatic rings. The van der Waals surface area contributed by atoms with E-state index in [0.29, 0.717) is 11.5 Å². The summed E-state index contributed by atoms with van der Waals surface area (Å²) in [6.07, 6.45) is 2.55. The fourth-order valence-electron chi connectivity index (χ4n) is 4.32. The molecule has 0 aromatic heterocycles. The van der Waals surface area contributed by atoms with E-state index in [1.54, 1.807) is 12.1 Å². The van der Waals surface area contributed by atoms with Gasteiger partial charge < -0.3 is 5.11 Å². The number of carbonyl (C=O) groups excluding carboxylic acids is 2. The number of fused-ring (bicyclic) bond motifs is 2. The predicted molar refractivity (Wildman–Crippen MR) is 91.6 cm³/mol. The second-order valence-electron chi connectivity index (χ2n) is 7.44. The van der Waals surface area contributed by atoms with Crippen LogP contribution in [0.5, 0.6) is 0 Å². The molecule has 0 unspecified atom stereocenters. The third-order valence-electron chi connectivity index (χ3n) is 5.64. The highest BCUT2D eigenvalue weighted by Gasteiger charge is 2.54. The molecular formula is C19H24N2O4. The molecule has 1 aromatic rings. The highest BCUT2D eigenvalue weighted by atomic mass is 16.4. The van der Waals surface area contributed by atoms with Crippen LogP contribution in [0, 0.1) is 23.7 Å². The summed E-state index contributed by atoms with van der Waals surface area (Å²) in [4.78, 5) is 36.1. The Kier molecular flexibility index (Phi) is 4.79. The average molecular weight is 344 g/mol. The summed E-state index contributed by atoms with van der Waals surface area (Å²) in [5.74, 6) is -2.34. The molecule has 0 saturated heterocycles. The number of amides is 2. The third-order valence-corrected chi connectivity index (χ3v) is 5.64. The van der Waals surface area contributed by atoms with Gasteiger partial charge in [0.2, 0.25) is 5.91 Å². The van der Waals surface area contributed by atoms with Crippen LogP contribution in [0.2, 0.25) is 0 Å². The van der Waals surface area contributed by atoms with Gasteiger partial charge in [-0.15, -0.1) is 0 Å². The summed E-state index contributed by atoms with van der Waals surface area (Å²) in [5.41, 5.74) is 6.42. The first-order chi connectivity index (χ1) is 11.9. The van der Waals surface area contributed by atoms with Gasteiger partial charge >= 0.3 is 5.97 Å². The lowest BCUT2D eigenvalue weighted by Crippen LogP contribution is -2.48. The highest BCUT2D eigenvalue weighted by Crippen LogP contribution is 2.52. The van der Waals surface area contributed by atoms with Gasteiger partial charge in [0.1, 0.15) is 0 Å². The Morgan fingerprint density at radius 2 is 1.60 bits per heavy atom. The van der Waals surface area contributed by atoms with E-state index in [1.165, 1.54) is 0 Å². The molecule has 6 nitrogen and oxygen atoms in total. The smallest absolute Gasteiger partial charge is 0.307 e. The highest BCUT2D eigenvalue weighted by molar-refractivity contribution is 5.96. The zero-order valence-electron chi connectivity index (χ0n) is 14.5. The normalized spacial score (nSPS) is 27.3. The molecule has 1 aromatic carbocycles. The molecule has 0 radical (unpaired) electrons. The van der Waals surface area contributed by atoms with Crippen molar-refractivity contribution in [2.24, 2.45) is 23.7 Å². The van der Waals surface area contributed by atoms with Gasteiger partial charge in [0, 0.05) is 5.56 Å². The molecule has 0 spiro atoms. The Morgan fingerprint density at radius 3 is 2.16 bits per heavy atom. The van der Waals surface area contributed by atoms with Crippen LogP contribution in [0.15, 0.2) is 24.3 Å². The van der Waals surface area contributed by atoms with Crippen molar-refractivity contribution in [1.82, 2.24) is 10.9 Å². The zero-order valence-corrected chi connectivity index (χ0v) is 14.5. The molecule has 3 rings (SSSR count). The summed E-state index contributed by atoms with van der Waals surface area (Å²) in [5, 5.41) is 9.41. The summed E-state index contributed by atoms with van der Waals surface area (Å²) in [7, 11) is 0. The monoisotopic (exact) mass is 344 g/mol. The molecule has 25 heavy (non-hydrogen) atoms. The Labute approximate surface area is 147 Å². The Bertz CT molecular complexity index is 683. The standard InChI is InChI=1S/C19H24N2O4/c1-10(2)11-3-5-12(6-4-11)17(22)20-21-18(23)15-13-7-8-14(9-13)16(15)19(24)25/h3-6,10,13-16H,7-9H2,1-2H3,(H,20,22)(H,21,23)(H,24,25)/t13-,14-,15+,16-/m0/s1. The van der Waals surface area contributed by atoms with Crippen molar-refractivity contribution in [2.45, 2.75) is 39.0 Å². The van der Waals surface area contributed by atoms with E-state index in [2.05, 4.69) is 24.7 Å². The van der Waals surface area contributed by atoms with Gasteiger partial charge in [-0.25, -0.2) is 0 Å². The second kappa shape index (κ2) is 6.86.